The number of pyridine rings is 1. The fourth-order valence-electron chi connectivity index (χ4n) is 4.28. The Bertz CT molecular complexity index is 1420. The van der Waals surface area contributed by atoms with E-state index < -0.39 is 75.9 Å². The second kappa shape index (κ2) is 10.1. The Morgan fingerprint density at radius 3 is 2.18 bits per heavy atom. The Kier molecular flexibility index (Phi) is 8.06. The summed E-state index contributed by atoms with van der Waals surface area (Å²) in [5, 5.41) is 0. The molecule has 2 aromatic rings. The molecule has 1 aliphatic heterocycles. The molecule has 14 heteroatoms. The molecule has 1 saturated heterocycles. The van der Waals surface area contributed by atoms with E-state index in [0.717, 1.165) is 12.3 Å². The number of aromatic nitrogens is 1. The minimum Gasteiger partial charge on any atom is -0.372 e. The van der Waals surface area contributed by atoms with Gasteiger partial charge in [-0.3, -0.25) is 4.98 Å². The van der Waals surface area contributed by atoms with Crippen molar-refractivity contribution in [3.05, 3.63) is 52.8 Å². The first kappa shape index (κ1) is 30.4. The van der Waals surface area contributed by atoms with Gasteiger partial charge >= 0.3 is 12.4 Å². The number of sulfone groups is 2. The molecule has 3 rings (SSSR count). The highest BCUT2D eigenvalue weighted by atomic mass is 32.2. The van der Waals surface area contributed by atoms with Gasteiger partial charge in [-0.25, -0.2) is 16.8 Å². The first-order valence-corrected chi connectivity index (χ1v) is 14.9. The van der Waals surface area contributed by atoms with Crippen LogP contribution in [0.5, 0.6) is 0 Å². The van der Waals surface area contributed by atoms with Crippen LogP contribution >= 0.6 is 0 Å². The average molecular weight is 588 g/mol. The van der Waals surface area contributed by atoms with Crippen LogP contribution in [0.2, 0.25) is 0 Å². The van der Waals surface area contributed by atoms with Gasteiger partial charge in [0.05, 0.1) is 31.4 Å². The summed E-state index contributed by atoms with van der Waals surface area (Å²) in [6.45, 7) is 4.33. The van der Waals surface area contributed by atoms with Crippen molar-refractivity contribution >= 4 is 19.7 Å². The lowest BCUT2D eigenvalue weighted by Gasteiger charge is -2.38. The van der Waals surface area contributed by atoms with Crippen LogP contribution in [0.4, 0.5) is 26.3 Å². The van der Waals surface area contributed by atoms with Gasteiger partial charge in [0, 0.05) is 19.1 Å². The number of nitrogens with zero attached hydrogens (tertiary/aromatic N) is 1. The highest BCUT2D eigenvalue weighted by molar-refractivity contribution is 7.92. The molecule has 0 saturated carbocycles. The van der Waals surface area contributed by atoms with Gasteiger partial charge in [-0.2, -0.15) is 26.3 Å². The number of alkyl halides is 6. The second-order valence-corrected chi connectivity index (χ2v) is 14.2. The molecule has 212 valence electrons. The molecule has 1 aromatic carbocycles. The zero-order chi connectivity index (χ0) is 28.9. The Morgan fingerprint density at radius 2 is 1.66 bits per heavy atom. The van der Waals surface area contributed by atoms with Crippen molar-refractivity contribution in [2.45, 2.75) is 78.9 Å². The van der Waals surface area contributed by atoms with Gasteiger partial charge in [0.2, 0.25) is 0 Å². The molecule has 0 spiro atoms. The molecule has 3 atom stereocenters. The summed E-state index contributed by atoms with van der Waals surface area (Å²) in [5.41, 5.74) is -3.07. The minimum absolute atomic E-state index is 0.172. The van der Waals surface area contributed by atoms with Crippen LogP contribution in [-0.4, -0.2) is 39.4 Å². The number of halogens is 6. The van der Waals surface area contributed by atoms with Crippen LogP contribution in [0, 0.1) is 0 Å². The van der Waals surface area contributed by atoms with Gasteiger partial charge in [-0.05, 0) is 61.9 Å². The third-order valence-electron chi connectivity index (χ3n) is 6.90. The molecule has 0 amide bonds. The lowest BCUT2D eigenvalue weighted by atomic mass is 9.93. The zero-order valence-corrected chi connectivity index (χ0v) is 22.6. The van der Waals surface area contributed by atoms with Crippen LogP contribution in [0.15, 0.2) is 40.3 Å². The number of hydrogen-bond acceptors (Lipinski definition) is 6. The zero-order valence-electron chi connectivity index (χ0n) is 20.9. The number of rotatable bonds is 6. The average Bonchev–Trinajstić information content (AvgIpc) is 2.81. The van der Waals surface area contributed by atoms with Crippen LogP contribution in [0.1, 0.15) is 74.4 Å². The Hall–Kier alpha value is -2.19. The maximum absolute atomic E-state index is 13.9. The SMILES string of the molecule is CCC(C)c1cc(C(F)(F)F)cc(S(=O)(=O)C2(C)CCOC(c3ncc(S(C)(=O)=O)cc3C(F)(F)F)C2)c1. The maximum Gasteiger partial charge on any atom is 0.418 e. The van der Waals surface area contributed by atoms with Crippen molar-refractivity contribution < 1.29 is 47.9 Å². The van der Waals surface area contributed by atoms with Crippen LogP contribution in [0.25, 0.3) is 0 Å². The molecule has 2 heterocycles. The molecule has 1 aliphatic rings. The van der Waals surface area contributed by atoms with Gasteiger partial charge in [0.1, 0.15) is 6.10 Å². The van der Waals surface area contributed by atoms with Crippen molar-refractivity contribution in [2.24, 2.45) is 0 Å². The molecule has 6 nitrogen and oxygen atoms in total. The summed E-state index contributed by atoms with van der Waals surface area (Å²) in [4.78, 5) is 2.42. The predicted molar refractivity (Wildman–Crippen MR) is 126 cm³/mol. The van der Waals surface area contributed by atoms with Gasteiger partial charge < -0.3 is 4.74 Å². The van der Waals surface area contributed by atoms with Crippen molar-refractivity contribution in [2.75, 3.05) is 12.9 Å². The van der Waals surface area contributed by atoms with E-state index >= 15 is 0 Å². The number of benzene rings is 1. The molecule has 0 radical (unpaired) electrons. The Labute approximate surface area is 217 Å². The van der Waals surface area contributed by atoms with E-state index in [0.29, 0.717) is 24.8 Å². The molecule has 0 aliphatic carbocycles. The van der Waals surface area contributed by atoms with Gasteiger partial charge in [-0.15, -0.1) is 0 Å². The van der Waals surface area contributed by atoms with E-state index in [1.807, 2.05) is 0 Å². The molecule has 0 N–H and O–H groups in total. The standard InChI is InChI=1S/C24H27F6NO5S2/c1-5-14(2)15-8-16(23(25,26)27)10-17(9-15)38(34,35)22(3)6-7-36-20(12-22)21-19(24(28,29)30)11-18(13-31-21)37(4,32)33/h8-11,13-14,20H,5-7,12H2,1-4H3. The highest BCUT2D eigenvalue weighted by Gasteiger charge is 2.48. The largest absolute Gasteiger partial charge is 0.418 e. The maximum atomic E-state index is 13.9. The molecule has 1 aromatic heterocycles. The van der Waals surface area contributed by atoms with E-state index in [-0.39, 0.29) is 24.5 Å². The van der Waals surface area contributed by atoms with Crippen molar-refractivity contribution in [1.29, 1.82) is 0 Å². The van der Waals surface area contributed by atoms with Crippen LogP contribution in [0.3, 0.4) is 0 Å². The van der Waals surface area contributed by atoms with Crippen molar-refractivity contribution in [1.82, 2.24) is 4.98 Å². The molecular formula is C24H27F6NO5S2. The summed E-state index contributed by atoms with van der Waals surface area (Å²) >= 11 is 0. The van der Waals surface area contributed by atoms with Crippen LogP contribution in [-0.2, 0) is 36.8 Å². The lowest BCUT2D eigenvalue weighted by molar-refractivity contribution is -0.141. The third kappa shape index (κ3) is 6.01. The summed E-state index contributed by atoms with van der Waals surface area (Å²) in [6, 6.07) is 3.02. The van der Waals surface area contributed by atoms with E-state index in [4.69, 9.17) is 4.74 Å². The molecule has 38 heavy (non-hydrogen) atoms. The summed E-state index contributed by atoms with van der Waals surface area (Å²) in [6.07, 6.45) is -10.2. The first-order valence-electron chi connectivity index (χ1n) is 11.6. The van der Waals surface area contributed by atoms with Crippen molar-refractivity contribution in [3.8, 4) is 0 Å². The fraction of sp³-hybridized carbons (Fsp3) is 0.542. The molecular weight excluding hydrogens is 560 g/mol. The fourth-order valence-corrected chi connectivity index (χ4v) is 6.72. The van der Waals surface area contributed by atoms with Crippen LogP contribution < -0.4 is 0 Å². The van der Waals surface area contributed by atoms with Gasteiger partial charge in [0.15, 0.2) is 19.7 Å². The summed E-state index contributed by atoms with van der Waals surface area (Å²) in [5.74, 6) is -0.381. The predicted octanol–water partition coefficient (Wildman–Crippen LogP) is 6.12. The minimum atomic E-state index is -5.04. The Morgan fingerprint density at radius 1 is 1.03 bits per heavy atom. The highest BCUT2D eigenvalue weighted by Crippen LogP contribution is 2.46. The molecule has 0 bridgehead atoms. The number of hydrogen-bond donors (Lipinski definition) is 0. The quantitative estimate of drug-likeness (QED) is 0.379. The molecule has 1 fully saturated rings. The smallest absolute Gasteiger partial charge is 0.372 e. The molecule has 3 unspecified atom stereocenters. The summed E-state index contributed by atoms with van der Waals surface area (Å²) in [7, 11) is -8.55. The topological polar surface area (TPSA) is 90.4 Å². The van der Waals surface area contributed by atoms with E-state index in [9.17, 15) is 43.2 Å². The monoisotopic (exact) mass is 587 g/mol. The first-order chi connectivity index (χ1) is 17.2. The lowest BCUT2D eigenvalue weighted by Crippen LogP contribution is -2.42. The number of ether oxygens (including phenoxy) is 1. The van der Waals surface area contributed by atoms with Gasteiger partial charge in [0.25, 0.3) is 0 Å². The normalized spacial score (nSPS) is 22.3. The van der Waals surface area contributed by atoms with Crippen molar-refractivity contribution in [3.63, 3.8) is 0 Å². The third-order valence-corrected chi connectivity index (χ3v) is 10.5. The van der Waals surface area contributed by atoms with E-state index in [1.54, 1.807) is 13.8 Å². The Balaban J connectivity index is 2.12. The summed E-state index contributed by atoms with van der Waals surface area (Å²) < 4.78 is 137. The van der Waals surface area contributed by atoms with E-state index in [1.165, 1.54) is 13.0 Å². The van der Waals surface area contributed by atoms with E-state index in [2.05, 4.69) is 4.98 Å². The van der Waals surface area contributed by atoms with Gasteiger partial charge in [-0.1, -0.05) is 13.8 Å². The second-order valence-electron chi connectivity index (χ2n) is 9.74.